The first kappa shape index (κ1) is 12.1. The number of nitrogens with two attached hydrogens (primary N) is 1. The second-order valence-corrected chi connectivity index (χ2v) is 5.07. The summed E-state index contributed by atoms with van der Waals surface area (Å²) in [6.45, 7) is 6.65. The highest BCUT2D eigenvalue weighted by atomic mass is 14.7. The first-order valence-electron chi connectivity index (χ1n) is 6.19. The first-order valence-corrected chi connectivity index (χ1v) is 6.19. The number of aromatic nitrogens is 1. The Balaban J connectivity index is 2.48. The van der Waals surface area contributed by atoms with Gasteiger partial charge >= 0.3 is 0 Å². The van der Waals surface area contributed by atoms with Crippen LogP contribution in [-0.2, 0) is 0 Å². The van der Waals surface area contributed by atoms with Crippen molar-refractivity contribution in [1.29, 1.82) is 0 Å². The maximum absolute atomic E-state index is 6.38. The summed E-state index contributed by atoms with van der Waals surface area (Å²) < 4.78 is 0. The van der Waals surface area contributed by atoms with E-state index in [1.807, 2.05) is 18.5 Å². The standard InChI is InChI=1S/C15H20N2/c1-10(2)11(3)15(16)13-6-4-5-12-7-8-17-9-14(12)13/h4-11,15H,16H2,1-3H3. The number of nitrogens with zero attached hydrogens (tertiary/aromatic N) is 1. The van der Waals surface area contributed by atoms with E-state index < -0.39 is 0 Å². The van der Waals surface area contributed by atoms with Crippen molar-refractivity contribution in [3.05, 3.63) is 42.2 Å². The number of hydrogen-bond acceptors (Lipinski definition) is 2. The zero-order chi connectivity index (χ0) is 12.4. The van der Waals surface area contributed by atoms with Gasteiger partial charge in [0.15, 0.2) is 0 Å². The quantitative estimate of drug-likeness (QED) is 0.872. The van der Waals surface area contributed by atoms with Gasteiger partial charge in [-0.15, -0.1) is 0 Å². The topological polar surface area (TPSA) is 38.9 Å². The molecule has 2 heteroatoms. The molecule has 2 atom stereocenters. The maximum atomic E-state index is 6.38. The number of pyridine rings is 1. The maximum Gasteiger partial charge on any atom is 0.0349 e. The second kappa shape index (κ2) is 4.84. The minimum Gasteiger partial charge on any atom is -0.324 e. The van der Waals surface area contributed by atoms with E-state index in [1.165, 1.54) is 16.3 Å². The van der Waals surface area contributed by atoms with Crippen LogP contribution in [0.2, 0.25) is 0 Å². The van der Waals surface area contributed by atoms with Crippen LogP contribution in [-0.4, -0.2) is 4.98 Å². The molecular weight excluding hydrogens is 208 g/mol. The summed E-state index contributed by atoms with van der Waals surface area (Å²) in [6.07, 6.45) is 3.74. The van der Waals surface area contributed by atoms with Gasteiger partial charge < -0.3 is 5.73 Å². The Kier molecular flexibility index (Phi) is 3.43. The van der Waals surface area contributed by atoms with Crippen molar-refractivity contribution in [2.75, 3.05) is 0 Å². The van der Waals surface area contributed by atoms with E-state index in [0.29, 0.717) is 11.8 Å². The Morgan fingerprint density at radius 2 is 1.88 bits per heavy atom. The lowest BCUT2D eigenvalue weighted by atomic mass is 9.85. The largest absolute Gasteiger partial charge is 0.324 e. The van der Waals surface area contributed by atoms with E-state index in [-0.39, 0.29) is 6.04 Å². The number of benzene rings is 1. The van der Waals surface area contributed by atoms with Gasteiger partial charge in [-0.1, -0.05) is 39.0 Å². The Morgan fingerprint density at radius 3 is 2.59 bits per heavy atom. The normalized spacial score (nSPS) is 15.1. The smallest absolute Gasteiger partial charge is 0.0349 e. The zero-order valence-corrected chi connectivity index (χ0v) is 10.7. The monoisotopic (exact) mass is 228 g/mol. The van der Waals surface area contributed by atoms with Crippen LogP contribution in [0.1, 0.15) is 32.4 Å². The summed E-state index contributed by atoms with van der Waals surface area (Å²) in [5.41, 5.74) is 7.58. The Hall–Kier alpha value is -1.41. The van der Waals surface area contributed by atoms with Crippen LogP contribution < -0.4 is 5.73 Å². The Labute approximate surface area is 103 Å². The van der Waals surface area contributed by atoms with Gasteiger partial charge in [-0.05, 0) is 28.9 Å². The summed E-state index contributed by atoms with van der Waals surface area (Å²) in [4.78, 5) is 4.20. The minimum absolute atomic E-state index is 0.0721. The molecule has 1 aromatic carbocycles. The van der Waals surface area contributed by atoms with E-state index in [9.17, 15) is 0 Å². The highest BCUT2D eigenvalue weighted by Gasteiger charge is 2.19. The molecule has 1 aromatic heterocycles. The third-order valence-electron chi connectivity index (χ3n) is 3.69. The summed E-state index contributed by atoms with van der Waals surface area (Å²) in [6, 6.07) is 8.40. The van der Waals surface area contributed by atoms with E-state index in [0.717, 1.165) is 0 Å². The molecule has 2 aromatic rings. The predicted octanol–water partition coefficient (Wildman–Crippen LogP) is 3.53. The van der Waals surface area contributed by atoms with Gasteiger partial charge in [0, 0.05) is 23.8 Å². The molecule has 2 N–H and O–H groups in total. The number of rotatable bonds is 3. The summed E-state index contributed by atoms with van der Waals surface area (Å²) in [5, 5.41) is 2.39. The molecule has 2 rings (SSSR count). The van der Waals surface area contributed by atoms with Crippen molar-refractivity contribution in [1.82, 2.24) is 4.98 Å². The lowest BCUT2D eigenvalue weighted by Crippen LogP contribution is -2.23. The van der Waals surface area contributed by atoms with Gasteiger partial charge in [0.25, 0.3) is 0 Å². The molecular formula is C15H20N2. The van der Waals surface area contributed by atoms with Gasteiger partial charge in [0.05, 0.1) is 0 Å². The molecule has 0 saturated carbocycles. The summed E-state index contributed by atoms with van der Waals surface area (Å²) in [7, 11) is 0. The average molecular weight is 228 g/mol. The van der Waals surface area contributed by atoms with E-state index in [4.69, 9.17) is 5.73 Å². The lowest BCUT2D eigenvalue weighted by molar-refractivity contribution is 0.353. The van der Waals surface area contributed by atoms with Crippen LogP contribution in [0.5, 0.6) is 0 Å². The van der Waals surface area contributed by atoms with Crippen molar-refractivity contribution < 1.29 is 0 Å². The van der Waals surface area contributed by atoms with E-state index in [2.05, 4.69) is 44.0 Å². The van der Waals surface area contributed by atoms with Crippen molar-refractivity contribution in [2.45, 2.75) is 26.8 Å². The summed E-state index contributed by atoms with van der Waals surface area (Å²) in [5.74, 6) is 1.04. The Bertz CT molecular complexity index is 500. The predicted molar refractivity (Wildman–Crippen MR) is 72.7 cm³/mol. The Morgan fingerprint density at radius 1 is 1.12 bits per heavy atom. The molecule has 2 unspecified atom stereocenters. The van der Waals surface area contributed by atoms with E-state index >= 15 is 0 Å². The fourth-order valence-electron chi connectivity index (χ4n) is 2.13. The van der Waals surface area contributed by atoms with Crippen molar-refractivity contribution in [3.8, 4) is 0 Å². The highest BCUT2D eigenvalue weighted by molar-refractivity contribution is 5.85. The summed E-state index contributed by atoms with van der Waals surface area (Å²) >= 11 is 0. The third-order valence-corrected chi connectivity index (χ3v) is 3.69. The highest BCUT2D eigenvalue weighted by Crippen LogP contribution is 2.30. The van der Waals surface area contributed by atoms with Gasteiger partial charge in [0.2, 0.25) is 0 Å². The molecule has 0 aliphatic carbocycles. The molecule has 0 aliphatic rings. The van der Waals surface area contributed by atoms with Crippen molar-refractivity contribution in [3.63, 3.8) is 0 Å². The van der Waals surface area contributed by atoms with Crippen LogP contribution >= 0.6 is 0 Å². The third kappa shape index (κ3) is 2.32. The number of fused-ring (bicyclic) bond motifs is 1. The lowest BCUT2D eigenvalue weighted by Gasteiger charge is -2.24. The fourth-order valence-corrected chi connectivity index (χ4v) is 2.13. The molecule has 0 fully saturated rings. The van der Waals surface area contributed by atoms with Crippen LogP contribution in [0.15, 0.2) is 36.7 Å². The SMILES string of the molecule is CC(C)C(C)C(N)c1cccc2ccncc12. The molecule has 90 valence electrons. The molecule has 0 saturated heterocycles. The molecule has 0 radical (unpaired) electrons. The second-order valence-electron chi connectivity index (χ2n) is 5.07. The molecule has 1 heterocycles. The van der Waals surface area contributed by atoms with Crippen molar-refractivity contribution >= 4 is 10.8 Å². The van der Waals surface area contributed by atoms with Crippen LogP contribution in [0.3, 0.4) is 0 Å². The van der Waals surface area contributed by atoms with E-state index in [1.54, 1.807) is 0 Å². The molecule has 17 heavy (non-hydrogen) atoms. The molecule has 0 spiro atoms. The van der Waals surface area contributed by atoms with Crippen LogP contribution in [0, 0.1) is 11.8 Å². The van der Waals surface area contributed by atoms with Gasteiger partial charge in [-0.25, -0.2) is 0 Å². The molecule has 0 bridgehead atoms. The fraction of sp³-hybridized carbons (Fsp3) is 0.400. The molecule has 0 amide bonds. The van der Waals surface area contributed by atoms with Crippen LogP contribution in [0.25, 0.3) is 10.8 Å². The zero-order valence-electron chi connectivity index (χ0n) is 10.7. The van der Waals surface area contributed by atoms with Crippen molar-refractivity contribution in [2.24, 2.45) is 17.6 Å². The van der Waals surface area contributed by atoms with Crippen LogP contribution in [0.4, 0.5) is 0 Å². The molecule has 0 aliphatic heterocycles. The average Bonchev–Trinajstić information content (AvgIpc) is 2.36. The minimum atomic E-state index is 0.0721. The number of hydrogen-bond donors (Lipinski definition) is 1. The van der Waals surface area contributed by atoms with Gasteiger partial charge in [0.1, 0.15) is 0 Å². The molecule has 2 nitrogen and oxygen atoms in total. The van der Waals surface area contributed by atoms with Gasteiger partial charge in [-0.3, -0.25) is 4.98 Å². The van der Waals surface area contributed by atoms with Gasteiger partial charge in [-0.2, -0.15) is 0 Å². The first-order chi connectivity index (χ1) is 8.11.